The Bertz CT molecular complexity index is 340. The van der Waals surface area contributed by atoms with Crippen LogP contribution in [-0.4, -0.2) is 12.5 Å². The van der Waals surface area contributed by atoms with Crippen LogP contribution in [0.2, 0.25) is 0 Å². The maximum atomic E-state index is 10.8. The Labute approximate surface area is 90.2 Å². The average molecular weight is 207 g/mol. The van der Waals surface area contributed by atoms with Crippen LogP contribution >= 0.6 is 0 Å². The van der Waals surface area contributed by atoms with Crippen molar-refractivity contribution in [2.45, 2.75) is 20.8 Å². The molecule has 1 aromatic carbocycles. The number of carbonyl (C=O) groups is 1. The molecule has 15 heavy (non-hydrogen) atoms. The number of carbonyl (C=O) groups excluding carboxylic acids is 1. The van der Waals surface area contributed by atoms with E-state index in [-0.39, 0.29) is 11.8 Å². The first-order valence-electron chi connectivity index (χ1n) is 5.00. The number of benzene rings is 1. The van der Waals surface area contributed by atoms with Gasteiger partial charge in [0, 0.05) is 0 Å². The Morgan fingerprint density at radius 3 is 2.40 bits per heavy atom. The molecule has 0 saturated heterocycles. The molecular formula is C12H17NO2. The molecule has 0 spiro atoms. The standard InChI is InChI=1S/C12H17NO2/c1-8-5-4-6-9(2)11(8)15-7-10(3)12(13)14/h4-6,10H,7H2,1-3H3,(H2,13,14). The number of para-hydroxylation sites is 1. The number of nitrogens with two attached hydrogens (primary N) is 1. The fourth-order valence-electron chi connectivity index (χ4n) is 1.32. The lowest BCUT2D eigenvalue weighted by atomic mass is 10.1. The van der Waals surface area contributed by atoms with E-state index in [1.807, 2.05) is 32.0 Å². The second-order valence-corrected chi connectivity index (χ2v) is 3.84. The summed E-state index contributed by atoms with van der Waals surface area (Å²) < 4.78 is 5.59. The summed E-state index contributed by atoms with van der Waals surface area (Å²) in [6.45, 7) is 6.06. The molecule has 1 amide bonds. The lowest BCUT2D eigenvalue weighted by Gasteiger charge is -2.14. The number of primary amides is 1. The largest absolute Gasteiger partial charge is 0.492 e. The van der Waals surface area contributed by atoms with Crippen LogP contribution in [0, 0.1) is 19.8 Å². The highest BCUT2D eigenvalue weighted by Crippen LogP contribution is 2.22. The van der Waals surface area contributed by atoms with E-state index < -0.39 is 0 Å². The molecular weight excluding hydrogens is 190 g/mol. The van der Waals surface area contributed by atoms with Gasteiger partial charge in [0.2, 0.25) is 5.91 Å². The molecule has 1 aromatic rings. The maximum Gasteiger partial charge on any atom is 0.223 e. The molecule has 1 atom stereocenters. The Balaban J connectivity index is 2.69. The van der Waals surface area contributed by atoms with Gasteiger partial charge in [-0.2, -0.15) is 0 Å². The summed E-state index contributed by atoms with van der Waals surface area (Å²) in [5.41, 5.74) is 7.31. The second kappa shape index (κ2) is 4.82. The first-order chi connectivity index (χ1) is 7.02. The first-order valence-corrected chi connectivity index (χ1v) is 5.00. The van der Waals surface area contributed by atoms with E-state index in [0.29, 0.717) is 6.61 Å². The molecule has 2 N–H and O–H groups in total. The lowest BCUT2D eigenvalue weighted by Crippen LogP contribution is -2.26. The topological polar surface area (TPSA) is 52.3 Å². The van der Waals surface area contributed by atoms with E-state index in [1.165, 1.54) is 0 Å². The maximum absolute atomic E-state index is 10.8. The Morgan fingerprint density at radius 2 is 1.93 bits per heavy atom. The Hall–Kier alpha value is -1.51. The molecule has 3 nitrogen and oxygen atoms in total. The van der Waals surface area contributed by atoms with Crippen molar-refractivity contribution in [1.82, 2.24) is 0 Å². The predicted octanol–water partition coefficient (Wildman–Crippen LogP) is 1.80. The van der Waals surface area contributed by atoms with Crippen LogP contribution in [0.25, 0.3) is 0 Å². The zero-order chi connectivity index (χ0) is 11.4. The smallest absolute Gasteiger partial charge is 0.223 e. The van der Waals surface area contributed by atoms with E-state index >= 15 is 0 Å². The number of hydrogen-bond acceptors (Lipinski definition) is 2. The molecule has 0 aromatic heterocycles. The molecule has 82 valence electrons. The van der Waals surface area contributed by atoms with Gasteiger partial charge in [-0.05, 0) is 25.0 Å². The normalized spacial score (nSPS) is 12.2. The summed E-state index contributed by atoms with van der Waals surface area (Å²) in [5.74, 6) is 0.260. The van der Waals surface area contributed by atoms with E-state index in [2.05, 4.69) is 0 Å². The first kappa shape index (κ1) is 11.6. The fraction of sp³-hybridized carbons (Fsp3) is 0.417. The third-order valence-corrected chi connectivity index (χ3v) is 2.37. The van der Waals surface area contributed by atoms with Gasteiger partial charge in [-0.3, -0.25) is 4.79 Å². The molecule has 1 rings (SSSR count). The van der Waals surface area contributed by atoms with Crippen LogP contribution in [0.15, 0.2) is 18.2 Å². The highest BCUT2D eigenvalue weighted by atomic mass is 16.5. The quantitative estimate of drug-likeness (QED) is 0.818. The zero-order valence-electron chi connectivity index (χ0n) is 9.41. The molecule has 0 fully saturated rings. The van der Waals surface area contributed by atoms with Gasteiger partial charge in [0.15, 0.2) is 0 Å². The number of amides is 1. The van der Waals surface area contributed by atoms with Crippen molar-refractivity contribution in [1.29, 1.82) is 0 Å². The molecule has 3 heteroatoms. The van der Waals surface area contributed by atoms with Crippen LogP contribution in [-0.2, 0) is 4.79 Å². The van der Waals surface area contributed by atoms with E-state index in [4.69, 9.17) is 10.5 Å². The lowest BCUT2D eigenvalue weighted by molar-refractivity contribution is -0.122. The van der Waals surface area contributed by atoms with Gasteiger partial charge in [0.25, 0.3) is 0 Å². The minimum Gasteiger partial charge on any atom is -0.492 e. The van der Waals surface area contributed by atoms with E-state index in [0.717, 1.165) is 16.9 Å². The van der Waals surface area contributed by atoms with Crippen LogP contribution < -0.4 is 10.5 Å². The summed E-state index contributed by atoms with van der Waals surface area (Å²) in [4.78, 5) is 10.8. The average Bonchev–Trinajstić information content (AvgIpc) is 2.16. The summed E-state index contributed by atoms with van der Waals surface area (Å²) in [5, 5.41) is 0. The zero-order valence-corrected chi connectivity index (χ0v) is 9.41. The number of ether oxygens (including phenoxy) is 1. The third-order valence-electron chi connectivity index (χ3n) is 2.37. The highest BCUT2D eigenvalue weighted by molar-refractivity contribution is 5.76. The van der Waals surface area contributed by atoms with Gasteiger partial charge < -0.3 is 10.5 Å². The number of aryl methyl sites for hydroxylation is 2. The van der Waals surface area contributed by atoms with Crippen LogP contribution in [0.4, 0.5) is 0 Å². The van der Waals surface area contributed by atoms with Gasteiger partial charge in [0.1, 0.15) is 5.75 Å². The number of hydrogen-bond donors (Lipinski definition) is 1. The molecule has 0 saturated carbocycles. The van der Waals surface area contributed by atoms with Crippen molar-refractivity contribution >= 4 is 5.91 Å². The Kier molecular flexibility index (Phi) is 3.72. The molecule has 1 unspecified atom stereocenters. The summed E-state index contributed by atoms with van der Waals surface area (Å²) in [7, 11) is 0. The Morgan fingerprint density at radius 1 is 1.40 bits per heavy atom. The summed E-state index contributed by atoms with van der Waals surface area (Å²) >= 11 is 0. The summed E-state index contributed by atoms with van der Waals surface area (Å²) in [6.07, 6.45) is 0. The van der Waals surface area contributed by atoms with Gasteiger partial charge in [-0.1, -0.05) is 25.1 Å². The van der Waals surface area contributed by atoms with Gasteiger partial charge in [-0.25, -0.2) is 0 Å². The van der Waals surface area contributed by atoms with Crippen LogP contribution in [0.5, 0.6) is 5.75 Å². The van der Waals surface area contributed by atoms with Crippen molar-refractivity contribution in [3.8, 4) is 5.75 Å². The minimum absolute atomic E-state index is 0.260. The predicted molar refractivity (Wildman–Crippen MR) is 59.8 cm³/mol. The van der Waals surface area contributed by atoms with Gasteiger partial charge in [-0.15, -0.1) is 0 Å². The van der Waals surface area contributed by atoms with Gasteiger partial charge >= 0.3 is 0 Å². The highest BCUT2D eigenvalue weighted by Gasteiger charge is 2.11. The molecule has 0 bridgehead atoms. The van der Waals surface area contributed by atoms with Crippen molar-refractivity contribution in [2.75, 3.05) is 6.61 Å². The van der Waals surface area contributed by atoms with Crippen LogP contribution in [0.3, 0.4) is 0 Å². The second-order valence-electron chi connectivity index (χ2n) is 3.84. The molecule has 0 radical (unpaired) electrons. The number of rotatable bonds is 4. The molecule has 0 aliphatic heterocycles. The van der Waals surface area contributed by atoms with E-state index in [1.54, 1.807) is 6.92 Å². The molecule has 0 aliphatic carbocycles. The SMILES string of the molecule is Cc1cccc(C)c1OCC(C)C(N)=O. The third kappa shape index (κ3) is 2.98. The summed E-state index contributed by atoms with van der Waals surface area (Å²) in [6, 6.07) is 5.95. The molecule has 0 aliphatic rings. The van der Waals surface area contributed by atoms with Crippen molar-refractivity contribution in [3.05, 3.63) is 29.3 Å². The van der Waals surface area contributed by atoms with E-state index in [9.17, 15) is 4.79 Å². The van der Waals surface area contributed by atoms with Crippen molar-refractivity contribution in [2.24, 2.45) is 11.7 Å². The monoisotopic (exact) mass is 207 g/mol. The molecule has 0 heterocycles. The van der Waals surface area contributed by atoms with Crippen molar-refractivity contribution < 1.29 is 9.53 Å². The fourth-order valence-corrected chi connectivity index (χ4v) is 1.32. The van der Waals surface area contributed by atoms with Crippen molar-refractivity contribution in [3.63, 3.8) is 0 Å². The van der Waals surface area contributed by atoms with Crippen LogP contribution in [0.1, 0.15) is 18.1 Å². The minimum atomic E-state index is -0.332. The van der Waals surface area contributed by atoms with Gasteiger partial charge in [0.05, 0.1) is 12.5 Å².